The molecule has 6 heteroatoms. The van der Waals surface area contributed by atoms with Crippen LogP contribution >= 0.6 is 0 Å². The van der Waals surface area contributed by atoms with Gasteiger partial charge >= 0.3 is 5.97 Å². The molecule has 0 radical (unpaired) electrons. The van der Waals surface area contributed by atoms with Gasteiger partial charge in [-0.05, 0) is 30.7 Å². The summed E-state index contributed by atoms with van der Waals surface area (Å²) < 4.78 is 5.05. The predicted molar refractivity (Wildman–Crippen MR) is 79.6 cm³/mol. The fourth-order valence-corrected chi connectivity index (χ4v) is 2.54. The number of nitrogens with zero attached hydrogens (tertiary/aromatic N) is 2. The highest BCUT2D eigenvalue weighted by Gasteiger charge is 2.27. The van der Waals surface area contributed by atoms with E-state index in [0.717, 1.165) is 23.5 Å². The Morgan fingerprint density at radius 2 is 2.24 bits per heavy atom. The molecule has 6 nitrogen and oxygen atoms in total. The molecule has 0 unspecified atom stereocenters. The molecular formula is C15H20N2O4. The lowest BCUT2D eigenvalue weighted by molar-refractivity contribution is -0.136. The molecule has 0 fully saturated rings. The molecule has 0 atom stereocenters. The van der Waals surface area contributed by atoms with Gasteiger partial charge in [0.2, 0.25) is 5.91 Å². The Morgan fingerprint density at radius 3 is 2.86 bits per heavy atom. The van der Waals surface area contributed by atoms with E-state index in [9.17, 15) is 9.59 Å². The predicted octanol–water partition coefficient (Wildman–Crippen LogP) is 1.48. The summed E-state index contributed by atoms with van der Waals surface area (Å²) in [7, 11) is 1.56. The van der Waals surface area contributed by atoms with Crippen molar-refractivity contribution in [3.63, 3.8) is 0 Å². The fraction of sp³-hybridized carbons (Fsp3) is 0.467. The molecular weight excluding hydrogens is 272 g/mol. The van der Waals surface area contributed by atoms with Crippen LogP contribution in [0.2, 0.25) is 0 Å². The maximum absolute atomic E-state index is 11.9. The first-order valence-corrected chi connectivity index (χ1v) is 6.95. The Hall–Kier alpha value is -2.08. The lowest BCUT2D eigenvalue weighted by Gasteiger charge is -2.23. The van der Waals surface area contributed by atoms with Crippen molar-refractivity contribution in [2.75, 3.05) is 36.7 Å². The van der Waals surface area contributed by atoms with Crippen molar-refractivity contribution >= 4 is 23.3 Å². The zero-order valence-corrected chi connectivity index (χ0v) is 12.3. The van der Waals surface area contributed by atoms with Crippen LogP contribution in [0.15, 0.2) is 18.2 Å². The molecule has 0 aromatic heterocycles. The van der Waals surface area contributed by atoms with Crippen LogP contribution in [0.1, 0.15) is 18.9 Å². The van der Waals surface area contributed by atoms with Gasteiger partial charge in [-0.3, -0.25) is 14.5 Å². The van der Waals surface area contributed by atoms with Gasteiger partial charge in [-0.1, -0.05) is 0 Å². The number of carboxylic acids is 1. The second-order valence-electron chi connectivity index (χ2n) is 4.95. The van der Waals surface area contributed by atoms with Crippen LogP contribution in [0.25, 0.3) is 0 Å². The number of carboxylic acid groups (broad SMARTS) is 1. The first kappa shape index (κ1) is 15.3. The third-order valence-electron chi connectivity index (χ3n) is 3.60. The van der Waals surface area contributed by atoms with Gasteiger partial charge < -0.3 is 14.7 Å². The van der Waals surface area contributed by atoms with E-state index in [2.05, 4.69) is 0 Å². The number of fused-ring (bicyclic) bond motifs is 1. The van der Waals surface area contributed by atoms with Crippen LogP contribution in [0.4, 0.5) is 11.4 Å². The van der Waals surface area contributed by atoms with Gasteiger partial charge in [0.05, 0.1) is 12.8 Å². The maximum Gasteiger partial charge on any atom is 0.305 e. The van der Waals surface area contributed by atoms with Gasteiger partial charge in [0.25, 0.3) is 0 Å². The van der Waals surface area contributed by atoms with E-state index in [1.807, 2.05) is 30.0 Å². The second-order valence-corrected chi connectivity index (χ2v) is 4.95. The molecule has 1 aliphatic heterocycles. The number of methoxy groups -OCH3 is 1. The smallest absolute Gasteiger partial charge is 0.305 e. The van der Waals surface area contributed by atoms with Crippen LogP contribution in [-0.2, 0) is 20.7 Å². The highest BCUT2D eigenvalue weighted by molar-refractivity contribution is 6.01. The highest BCUT2D eigenvalue weighted by atomic mass is 16.5. The third-order valence-corrected chi connectivity index (χ3v) is 3.60. The van der Waals surface area contributed by atoms with Gasteiger partial charge in [-0.2, -0.15) is 0 Å². The minimum Gasteiger partial charge on any atom is -0.481 e. The number of carbonyl (C=O) groups excluding carboxylic acids is 1. The molecule has 0 bridgehead atoms. The van der Waals surface area contributed by atoms with Crippen LogP contribution in [0, 0.1) is 0 Å². The van der Waals surface area contributed by atoms with E-state index in [1.165, 1.54) is 0 Å². The lowest BCUT2D eigenvalue weighted by atomic mass is 10.1. The molecule has 114 valence electrons. The Balaban J connectivity index is 2.19. The van der Waals surface area contributed by atoms with E-state index in [1.54, 1.807) is 12.0 Å². The van der Waals surface area contributed by atoms with E-state index in [-0.39, 0.29) is 19.1 Å². The molecule has 1 N–H and O–H groups in total. The number of ether oxygens (including phenoxy) is 1. The number of hydrogen-bond donors (Lipinski definition) is 1. The van der Waals surface area contributed by atoms with E-state index >= 15 is 0 Å². The Kier molecular flexibility index (Phi) is 4.80. The number of rotatable bonds is 7. The average Bonchev–Trinajstić information content (AvgIpc) is 2.75. The largest absolute Gasteiger partial charge is 0.481 e. The monoisotopic (exact) mass is 292 g/mol. The molecule has 0 saturated heterocycles. The molecule has 1 heterocycles. The highest BCUT2D eigenvalue weighted by Crippen LogP contribution is 2.32. The van der Waals surface area contributed by atoms with Crippen molar-refractivity contribution < 1.29 is 19.4 Å². The zero-order valence-electron chi connectivity index (χ0n) is 12.3. The van der Waals surface area contributed by atoms with Crippen molar-refractivity contribution in [3.8, 4) is 0 Å². The van der Waals surface area contributed by atoms with Gasteiger partial charge in [-0.25, -0.2) is 0 Å². The Morgan fingerprint density at radius 1 is 1.48 bits per heavy atom. The second kappa shape index (κ2) is 6.58. The van der Waals surface area contributed by atoms with Crippen LogP contribution < -0.4 is 9.80 Å². The number of hydrogen-bond acceptors (Lipinski definition) is 4. The lowest BCUT2D eigenvalue weighted by Crippen LogP contribution is -2.28. The summed E-state index contributed by atoms with van der Waals surface area (Å²) in [4.78, 5) is 26.3. The molecule has 21 heavy (non-hydrogen) atoms. The summed E-state index contributed by atoms with van der Waals surface area (Å²) in [6.45, 7) is 3.42. The fourth-order valence-electron chi connectivity index (χ4n) is 2.54. The summed E-state index contributed by atoms with van der Waals surface area (Å²) in [6.07, 6.45) is 0.461. The molecule has 1 aromatic carbocycles. The number of carbonyl (C=O) groups is 2. The molecule has 0 aliphatic carbocycles. The topological polar surface area (TPSA) is 70.1 Å². The van der Waals surface area contributed by atoms with E-state index in [4.69, 9.17) is 9.84 Å². The molecule has 1 aromatic rings. The quantitative estimate of drug-likeness (QED) is 0.824. The standard InChI is InChI=1S/C15H20N2O4/c1-3-16(7-6-15(19)20)12-4-5-13-11(8-12)9-14(18)17(13)10-21-2/h4-5,8H,3,6-7,9-10H2,1-2H3,(H,19,20). The minimum atomic E-state index is -0.809. The zero-order chi connectivity index (χ0) is 15.4. The Labute approximate surface area is 123 Å². The average molecular weight is 292 g/mol. The van der Waals surface area contributed by atoms with Crippen molar-refractivity contribution in [2.24, 2.45) is 0 Å². The first-order chi connectivity index (χ1) is 10.1. The SMILES string of the molecule is CCN(CCC(=O)O)c1ccc2c(c1)CC(=O)N2COC. The van der Waals surface area contributed by atoms with E-state index in [0.29, 0.717) is 13.0 Å². The molecule has 0 saturated carbocycles. The summed E-state index contributed by atoms with van der Waals surface area (Å²) in [5.74, 6) is -0.784. The van der Waals surface area contributed by atoms with Crippen molar-refractivity contribution in [2.45, 2.75) is 19.8 Å². The van der Waals surface area contributed by atoms with Crippen LogP contribution in [0.5, 0.6) is 0 Å². The normalized spacial score (nSPS) is 13.4. The third kappa shape index (κ3) is 3.33. The minimum absolute atomic E-state index is 0.0255. The maximum atomic E-state index is 11.9. The number of aliphatic carboxylic acids is 1. The van der Waals surface area contributed by atoms with Gasteiger partial charge in [0.1, 0.15) is 6.73 Å². The van der Waals surface area contributed by atoms with E-state index < -0.39 is 5.97 Å². The first-order valence-electron chi connectivity index (χ1n) is 6.95. The van der Waals surface area contributed by atoms with Gasteiger partial charge in [0.15, 0.2) is 0 Å². The van der Waals surface area contributed by atoms with Gasteiger partial charge in [-0.15, -0.1) is 0 Å². The summed E-state index contributed by atoms with van der Waals surface area (Å²) in [6, 6.07) is 5.79. The number of amides is 1. The van der Waals surface area contributed by atoms with Crippen LogP contribution in [-0.4, -0.2) is 43.9 Å². The summed E-state index contributed by atoms with van der Waals surface area (Å²) in [5.41, 5.74) is 2.78. The molecule has 0 spiro atoms. The summed E-state index contributed by atoms with van der Waals surface area (Å²) >= 11 is 0. The Bertz CT molecular complexity index is 544. The van der Waals surface area contributed by atoms with Gasteiger partial charge in [0, 0.05) is 31.6 Å². The van der Waals surface area contributed by atoms with Crippen molar-refractivity contribution in [1.29, 1.82) is 0 Å². The van der Waals surface area contributed by atoms with Crippen molar-refractivity contribution in [3.05, 3.63) is 23.8 Å². The number of anilines is 2. The van der Waals surface area contributed by atoms with Crippen molar-refractivity contribution in [1.82, 2.24) is 0 Å². The number of benzene rings is 1. The molecule has 1 aliphatic rings. The molecule has 2 rings (SSSR count). The molecule has 1 amide bonds. The summed E-state index contributed by atoms with van der Waals surface area (Å²) in [5, 5.41) is 8.80. The van der Waals surface area contributed by atoms with Crippen LogP contribution in [0.3, 0.4) is 0 Å².